The predicted molar refractivity (Wildman–Crippen MR) is 85.5 cm³/mol. The third-order valence-corrected chi connectivity index (χ3v) is 4.19. The van der Waals surface area contributed by atoms with Gasteiger partial charge < -0.3 is 15.4 Å². The molecular weight excluding hydrogens is 248 g/mol. The van der Waals surface area contributed by atoms with E-state index in [-0.39, 0.29) is 0 Å². The zero-order valence-electron chi connectivity index (χ0n) is 12.9. The van der Waals surface area contributed by atoms with Crippen LogP contribution in [0.2, 0.25) is 0 Å². The van der Waals surface area contributed by atoms with E-state index in [0.29, 0.717) is 18.6 Å². The van der Waals surface area contributed by atoms with Crippen LogP contribution in [-0.4, -0.2) is 26.2 Å². The van der Waals surface area contributed by atoms with E-state index in [4.69, 9.17) is 10.5 Å². The molecule has 0 aromatic heterocycles. The molecule has 0 bridgehead atoms. The van der Waals surface area contributed by atoms with Gasteiger partial charge >= 0.3 is 0 Å². The Hall–Kier alpha value is -1.22. The van der Waals surface area contributed by atoms with E-state index >= 15 is 0 Å². The van der Waals surface area contributed by atoms with Gasteiger partial charge in [0.2, 0.25) is 0 Å². The molecule has 0 saturated carbocycles. The third-order valence-electron chi connectivity index (χ3n) is 4.19. The highest BCUT2D eigenvalue weighted by Gasteiger charge is 2.41. The van der Waals surface area contributed by atoms with E-state index in [2.05, 4.69) is 30.9 Å². The van der Waals surface area contributed by atoms with Crippen molar-refractivity contribution in [1.82, 2.24) is 0 Å². The second-order valence-corrected chi connectivity index (χ2v) is 5.96. The molecule has 112 valence electrons. The van der Waals surface area contributed by atoms with Crippen molar-refractivity contribution in [3.8, 4) is 5.75 Å². The van der Waals surface area contributed by atoms with Crippen molar-refractivity contribution < 1.29 is 4.74 Å². The van der Waals surface area contributed by atoms with E-state index in [0.717, 1.165) is 18.8 Å². The van der Waals surface area contributed by atoms with Crippen molar-refractivity contribution in [1.29, 1.82) is 0 Å². The zero-order valence-corrected chi connectivity index (χ0v) is 12.9. The maximum Gasteiger partial charge on any atom is 0.142 e. The number of benzene rings is 1. The summed E-state index contributed by atoms with van der Waals surface area (Å²) in [7, 11) is 0. The van der Waals surface area contributed by atoms with Crippen LogP contribution in [0.1, 0.15) is 39.5 Å². The molecule has 3 nitrogen and oxygen atoms in total. The van der Waals surface area contributed by atoms with Crippen molar-refractivity contribution >= 4 is 5.69 Å². The summed E-state index contributed by atoms with van der Waals surface area (Å²) in [5, 5.41) is 0. The Balaban J connectivity index is 2.04. The fraction of sp³-hybridized carbons (Fsp3) is 0.647. The standard InChI is InChI=1S/C17H28N2O/c1-3-9-17(10-4-2)13-19(14-17)15-7-5-6-8-16(15)20-12-11-18/h5-8H,3-4,9-14,18H2,1-2H3. The highest BCUT2D eigenvalue weighted by atomic mass is 16.5. The fourth-order valence-corrected chi connectivity index (χ4v) is 3.45. The van der Waals surface area contributed by atoms with Gasteiger partial charge in [0.1, 0.15) is 12.4 Å². The lowest BCUT2D eigenvalue weighted by Crippen LogP contribution is -2.56. The molecule has 1 aromatic rings. The molecule has 0 amide bonds. The molecule has 3 heteroatoms. The van der Waals surface area contributed by atoms with Crippen molar-refractivity contribution in [3.05, 3.63) is 24.3 Å². The summed E-state index contributed by atoms with van der Waals surface area (Å²) in [5.74, 6) is 0.972. The van der Waals surface area contributed by atoms with Gasteiger partial charge in [0, 0.05) is 25.0 Å². The van der Waals surface area contributed by atoms with Crippen LogP contribution in [0.25, 0.3) is 0 Å². The minimum absolute atomic E-state index is 0.532. The SMILES string of the molecule is CCCC1(CCC)CN(c2ccccc2OCCN)C1. The first-order valence-corrected chi connectivity index (χ1v) is 7.91. The topological polar surface area (TPSA) is 38.5 Å². The summed E-state index contributed by atoms with van der Waals surface area (Å²) in [6.07, 6.45) is 5.23. The lowest BCUT2D eigenvalue weighted by molar-refractivity contribution is 0.171. The van der Waals surface area contributed by atoms with Crippen LogP contribution in [0.4, 0.5) is 5.69 Å². The molecule has 0 atom stereocenters. The summed E-state index contributed by atoms with van der Waals surface area (Å²) in [6.45, 7) is 8.05. The number of anilines is 1. The smallest absolute Gasteiger partial charge is 0.142 e. The molecule has 1 aliphatic rings. The van der Waals surface area contributed by atoms with Crippen LogP contribution < -0.4 is 15.4 Å². The fourth-order valence-electron chi connectivity index (χ4n) is 3.45. The first-order chi connectivity index (χ1) is 9.74. The molecule has 0 spiro atoms. The Morgan fingerprint density at radius 2 is 1.80 bits per heavy atom. The number of rotatable bonds is 8. The minimum atomic E-state index is 0.532. The van der Waals surface area contributed by atoms with Crippen LogP contribution in [0, 0.1) is 5.41 Å². The second kappa shape index (κ2) is 6.98. The Bertz CT molecular complexity index is 405. The molecule has 1 aliphatic heterocycles. The molecule has 20 heavy (non-hydrogen) atoms. The number of nitrogens with zero attached hydrogens (tertiary/aromatic N) is 1. The number of nitrogens with two attached hydrogens (primary N) is 1. The molecule has 1 fully saturated rings. The molecular formula is C17H28N2O. The molecule has 1 saturated heterocycles. The number of hydrogen-bond acceptors (Lipinski definition) is 3. The van der Waals surface area contributed by atoms with Crippen LogP contribution in [0.5, 0.6) is 5.75 Å². The predicted octanol–water partition coefficient (Wildman–Crippen LogP) is 3.43. The molecule has 0 unspecified atom stereocenters. The lowest BCUT2D eigenvalue weighted by atomic mass is 9.72. The van der Waals surface area contributed by atoms with Crippen molar-refractivity contribution in [2.75, 3.05) is 31.1 Å². The summed E-state index contributed by atoms with van der Waals surface area (Å²) in [5.41, 5.74) is 7.29. The van der Waals surface area contributed by atoms with Gasteiger partial charge in [-0.05, 0) is 25.0 Å². The van der Waals surface area contributed by atoms with Gasteiger partial charge in [-0.2, -0.15) is 0 Å². The van der Waals surface area contributed by atoms with Crippen molar-refractivity contribution in [3.63, 3.8) is 0 Å². The van der Waals surface area contributed by atoms with Crippen molar-refractivity contribution in [2.45, 2.75) is 39.5 Å². The van der Waals surface area contributed by atoms with Gasteiger partial charge in [-0.25, -0.2) is 0 Å². The summed E-state index contributed by atoms with van der Waals surface area (Å²) >= 11 is 0. The normalized spacial score (nSPS) is 16.9. The van der Waals surface area contributed by atoms with E-state index in [1.54, 1.807) is 0 Å². The Kier molecular flexibility index (Phi) is 5.30. The van der Waals surface area contributed by atoms with Gasteiger partial charge in [0.25, 0.3) is 0 Å². The zero-order chi connectivity index (χ0) is 14.4. The molecule has 0 aliphatic carbocycles. The molecule has 2 N–H and O–H groups in total. The van der Waals surface area contributed by atoms with Crippen molar-refractivity contribution in [2.24, 2.45) is 11.1 Å². The van der Waals surface area contributed by atoms with Crippen LogP contribution in [0.15, 0.2) is 24.3 Å². The summed E-state index contributed by atoms with van der Waals surface area (Å²) < 4.78 is 5.76. The maximum absolute atomic E-state index is 5.76. The van der Waals surface area contributed by atoms with E-state index in [9.17, 15) is 0 Å². The summed E-state index contributed by atoms with van der Waals surface area (Å²) in [4.78, 5) is 2.46. The van der Waals surface area contributed by atoms with Gasteiger partial charge in [-0.15, -0.1) is 0 Å². The van der Waals surface area contributed by atoms with E-state index in [1.165, 1.54) is 31.4 Å². The Morgan fingerprint density at radius 3 is 2.40 bits per heavy atom. The van der Waals surface area contributed by atoms with E-state index in [1.807, 2.05) is 12.1 Å². The lowest BCUT2D eigenvalue weighted by Gasteiger charge is -2.52. The second-order valence-electron chi connectivity index (χ2n) is 5.96. The van der Waals surface area contributed by atoms with Crippen LogP contribution >= 0.6 is 0 Å². The quantitative estimate of drug-likeness (QED) is 0.790. The molecule has 2 rings (SSSR count). The third kappa shape index (κ3) is 3.26. The van der Waals surface area contributed by atoms with Gasteiger partial charge in [0.05, 0.1) is 5.69 Å². The average Bonchev–Trinajstić information content (AvgIpc) is 2.42. The van der Waals surface area contributed by atoms with Gasteiger partial charge in [-0.3, -0.25) is 0 Å². The maximum atomic E-state index is 5.76. The van der Waals surface area contributed by atoms with Gasteiger partial charge in [-0.1, -0.05) is 38.8 Å². The number of para-hydroxylation sites is 2. The Morgan fingerprint density at radius 1 is 1.15 bits per heavy atom. The minimum Gasteiger partial charge on any atom is -0.490 e. The molecule has 0 radical (unpaired) electrons. The van der Waals surface area contributed by atoms with Crippen LogP contribution in [0.3, 0.4) is 0 Å². The van der Waals surface area contributed by atoms with E-state index < -0.39 is 0 Å². The van der Waals surface area contributed by atoms with Crippen LogP contribution in [-0.2, 0) is 0 Å². The molecule has 1 aromatic carbocycles. The number of ether oxygens (including phenoxy) is 1. The number of hydrogen-bond donors (Lipinski definition) is 1. The first-order valence-electron chi connectivity index (χ1n) is 7.91. The largest absolute Gasteiger partial charge is 0.490 e. The monoisotopic (exact) mass is 276 g/mol. The van der Waals surface area contributed by atoms with Gasteiger partial charge in [0.15, 0.2) is 0 Å². The average molecular weight is 276 g/mol. The summed E-state index contributed by atoms with van der Waals surface area (Å²) in [6, 6.07) is 8.32. The highest BCUT2D eigenvalue weighted by molar-refractivity contribution is 5.60. The molecule has 1 heterocycles. The Labute approximate surface area is 123 Å². The highest BCUT2D eigenvalue weighted by Crippen LogP contribution is 2.44. The first kappa shape index (κ1) is 15.2.